The SMILES string of the molecule is Cc1cc(F)ccc1C(O)c1c(F)cc(F)cc1F. The van der Waals surface area contributed by atoms with Crippen molar-refractivity contribution in [2.45, 2.75) is 13.0 Å². The Hall–Kier alpha value is -1.88. The summed E-state index contributed by atoms with van der Waals surface area (Å²) in [5.41, 5.74) is -0.155. The van der Waals surface area contributed by atoms with Crippen LogP contribution in [-0.4, -0.2) is 5.11 Å². The van der Waals surface area contributed by atoms with E-state index >= 15 is 0 Å². The predicted molar refractivity (Wildman–Crippen MR) is 61.5 cm³/mol. The van der Waals surface area contributed by atoms with Crippen molar-refractivity contribution in [2.75, 3.05) is 0 Å². The van der Waals surface area contributed by atoms with E-state index in [9.17, 15) is 22.7 Å². The Morgan fingerprint density at radius 3 is 2.00 bits per heavy atom. The Balaban J connectivity index is 2.53. The van der Waals surface area contributed by atoms with Crippen LogP contribution in [0.4, 0.5) is 17.6 Å². The van der Waals surface area contributed by atoms with Crippen molar-refractivity contribution < 1.29 is 22.7 Å². The summed E-state index contributed by atoms with van der Waals surface area (Å²) in [6, 6.07) is 4.42. The lowest BCUT2D eigenvalue weighted by Crippen LogP contribution is -2.08. The predicted octanol–water partition coefficient (Wildman–Crippen LogP) is 3.63. The Morgan fingerprint density at radius 1 is 0.895 bits per heavy atom. The third-order valence-corrected chi connectivity index (χ3v) is 2.84. The van der Waals surface area contributed by atoms with Gasteiger partial charge in [-0.25, -0.2) is 17.6 Å². The van der Waals surface area contributed by atoms with E-state index in [1.165, 1.54) is 13.0 Å². The molecule has 19 heavy (non-hydrogen) atoms. The van der Waals surface area contributed by atoms with E-state index in [0.29, 0.717) is 17.7 Å². The van der Waals surface area contributed by atoms with Gasteiger partial charge in [-0.1, -0.05) is 6.07 Å². The largest absolute Gasteiger partial charge is 0.383 e. The lowest BCUT2D eigenvalue weighted by molar-refractivity contribution is 0.208. The molecule has 2 aromatic carbocycles. The molecular formula is C14H10F4O. The van der Waals surface area contributed by atoms with Gasteiger partial charge in [0, 0.05) is 12.1 Å². The van der Waals surface area contributed by atoms with E-state index in [1.54, 1.807) is 0 Å². The molecular weight excluding hydrogens is 260 g/mol. The highest BCUT2D eigenvalue weighted by molar-refractivity contribution is 5.36. The maximum absolute atomic E-state index is 13.5. The van der Waals surface area contributed by atoms with Crippen molar-refractivity contribution in [3.8, 4) is 0 Å². The van der Waals surface area contributed by atoms with Gasteiger partial charge in [-0.05, 0) is 30.2 Å². The van der Waals surface area contributed by atoms with E-state index in [-0.39, 0.29) is 5.56 Å². The molecule has 100 valence electrons. The van der Waals surface area contributed by atoms with Crippen molar-refractivity contribution >= 4 is 0 Å². The maximum atomic E-state index is 13.5. The lowest BCUT2D eigenvalue weighted by Gasteiger charge is -2.15. The fourth-order valence-corrected chi connectivity index (χ4v) is 1.92. The average molecular weight is 270 g/mol. The second kappa shape index (κ2) is 5.01. The summed E-state index contributed by atoms with van der Waals surface area (Å²) in [4.78, 5) is 0. The van der Waals surface area contributed by atoms with E-state index in [2.05, 4.69) is 0 Å². The smallest absolute Gasteiger partial charge is 0.135 e. The van der Waals surface area contributed by atoms with Gasteiger partial charge in [0.1, 0.15) is 29.4 Å². The number of aliphatic hydroxyl groups excluding tert-OH is 1. The molecule has 0 saturated heterocycles. The fourth-order valence-electron chi connectivity index (χ4n) is 1.92. The van der Waals surface area contributed by atoms with Gasteiger partial charge in [-0.15, -0.1) is 0 Å². The standard InChI is InChI=1S/C14H10F4O/c1-7-4-8(15)2-3-10(7)14(19)13-11(17)5-9(16)6-12(13)18/h2-6,14,19H,1H3. The van der Waals surface area contributed by atoms with E-state index in [1.807, 2.05) is 0 Å². The van der Waals surface area contributed by atoms with Crippen molar-refractivity contribution in [1.82, 2.24) is 0 Å². The Bertz CT molecular complexity index is 602. The highest BCUT2D eigenvalue weighted by Gasteiger charge is 2.22. The second-order valence-electron chi connectivity index (χ2n) is 4.19. The molecule has 1 atom stereocenters. The molecule has 0 aromatic heterocycles. The topological polar surface area (TPSA) is 20.2 Å². The number of halogens is 4. The highest BCUT2D eigenvalue weighted by Crippen LogP contribution is 2.29. The molecule has 0 bridgehead atoms. The summed E-state index contributed by atoms with van der Waals surface area (Å²) in [7, 11) is 0. The molecule has 0 spiro atoms. The third-order valence-electron chi connectivity index (χ3n) is 2.84. The molecule has 5 heteroatoms. The van der Waals surface area contributed by atoms with Gasteiger partial charge >= 0.3 is 0 Å². The van der Waals surface area contributed by atoms with Gasteiger partial charge in [0.25, 0.3) is 0 Å². The number of hydrogen-bond acceptors (Lipinski definition) is 1. The first-order chi connectivity index (χ1) is 8.90. The monoisotopic (exact) mass is 270 g/mol. The van der Waals surface area contributed by atoms with Crippen LogP contribution in [0.1, 0.15) is 22.8 Å². The van der Waals surface area contributed by atoms with Crippen LogP contribution < -0.4 is 0 Å². The number of hydrogen-bond donors (Lipinski definition) is 1. The van der Waals surface area contributed by atoms with Crippen LogP contribution in [0.15, 0.2) is 30.3 Å². The first kappa shape index (κ1) is 13.5. The number of rotatable bonds is 2. The maximum Gasteiger partial charge on any atom is 0.135 e. The number of benzene rings is 2. The van der Waals surface area contributed by atoms with Crippen molar-refractivity contribution in [1.29, 1.82) is 0 Å². The van der Waals surface area contributed by atoms with Crippen LogP contribution in [0.2, 0.25) is 0 Å². The molecule has 2 aromatic rings. The average Bonchev–Trinajstić information content (AvgIpc) is 2.26. The summed E-state index contributed by atoms with van der Waals surface area (Å²) in [6.45, 7) is 1.50. The minimum atomic E-state index is -1.62. The van der Waals surface area contributed by atoms with E-state index < -0.39 is 34.9 Å². The van der Waals surface area contributed by atoms with Crippen LogP contribution in [0.3, 0.4) is 0 Å². The van der Waals surface area contributed by atoms with Gasteiger partial charge in [0.05, 0.1) is 5.56 Å². The summed E-state index contributed by atoms with van der Waals surface area (Å²) in [6.07, 6.45) is -1.62. The third kappa shape index (κ3) is 2.61. The lowest BCUT2D eigenvalue weighted by atomic mass is 9.96. The van der Waals surface area contributed by atoms with Gasteiger partial charge in [-0.3, -0.25) is 0 Å². The van der Waals surface area contributed by atoms with Crippen LogP contribution in [0, 0.1) is 30.2 Å². The van der Waals surface area contributed by atoms with Gasteiger partial charge in [0.2, 0.25) is 0 Å². The van der Waals surface area contributed by atoms with Gasteiger partial charge < -0.3 is 5.11 Å². The van der Waals surface area contributed by atoms with Crippen LogP contribution in [0.5, 0.6) is 0 Å². The first-order valence-electron chi connectivity index (χ1n) is 5.48. The number of aryl methyl sites for hydroxylation is 1. The molecule has 0 fully saturated rings. The van der Waals surface area contributed by atoms with E-state index in [4.69, 9.17) is 0 Å². The van der Waals surface area contributed by atoms with Crippen molar-refractivity contribution in [2.24, 2.45) is 0 Å². The van der Waals surface area contributed by atoms with Crippen molar-refractivity contribution in [3.63, 3.8) is 0 Å². The summed E-state index contributed by atoms with van der Waals surface area (Å²) < 4.78 is 52.8. The minimum Gasteiger partial charge on any atom is -0.383 e. The molecule has 2 rings (SSSR count). The Labute approximate surface area is 107 Å². The van der Waals surface area contributed by atoms with E-state index in [0.717, 1.165) is 12.1 Å². The molecule has 0 aliphatic heterocycles. The molecule has 0 aliphatic rings. The number of aliphatic hydroxyl groups is 1. The first-order valence-corrected chi connectivity index (χ1v) is 5.48. The van der Waals surface area contributed by atoms with Crippen LogP contribution >= 0.6 is 0 Å². The summed E-state index contributed by atoms with van der Waals surface area (Å²) >= 11 is 0. The van der Waals surface area contributed by atoms with Crippen LogP contribution in [-0.2, 0) is 0 Å². The zero-order valence-electron chi connectivity index (χ0n) is 9.92. The quantitative estimate of drug-likeness (QED) is 0.826. The molecule has 0 saturated carbocycles. The zero-order valence-corrected chi connectivity index (χ0v) is 9.92. The summed E-state index contributed by atoms with van der Waals surface area (Å²) in [5.74, 6) is -3.96. The van der Waals surface area contributed by atoms with Gasteiger partial charge in [-0.2, -0.15) is 0 Å². The molecule has 1 N–H and O–H groups in total. The van der Waals surface area contributed by atoms with Crippen LogP contribution in [0.25, 0.3) is 0 Å². The van der Waals surface area contributed by atoms with Gasteiger partial charge in [0.15, 0.2) is 0 Å². The minimum absolute atomic E-state index is 0.158. The molecule has 1 nitrogen and oxygen atoms in total. The second-order valence-corrected chi connectivity index (χ2v) is 4.19. The highest BCUT2D eigenvalue weighted by atomic mass is 19.1. The molecule has 0 aliphatic carbocycles. The van der Waals surface area contributed by atoms with Crippen molar-refractivity contribution in [3.05, 3.63) is 70.3 Å². The molecule has 0 amide bonds. The fraction of sp³-hybridized carbons (Fsp3) is 0.143. The molecule has 0 radical (unpaired) electrons. The normalized spacial score (nSPS) is 12.5. The molecule has 0 heterocycles. The Kier molecular flexibility index (Phi) is 3.57. The molecule has 1 unspecified atom stereocenters. The zero-order chi connectivity index (χ0) is 14.2. The summed E-state index contributed by atoms with van der Waals surface area (Å²) in [5, 5.41) is 9.99. The Morgan fingerprint density at radius 2 is 1.47 bits per heavy atom.